The number of hydrogen-bond donors (Lipinski definition) is 10. The lowest BCUT2D eigenvalue weighted by molar-refractivity contribution is -0.270. The fourth-order valence-corrected chi connectivity index (χ4v) is 4.24. The molecule has 4 amide bonds. The van der Waals surface area contributed by atoms with Gasteiger partial charge in [-0.05, 0) is 31.6 Å². The lowest BCUT2D eigenvalue weighted by Gasteiger charge is -2.42. The van der Waals surface area contributed by atoms with Crippen LogP contribution in [0, 0.1) is 5.92 Å². The molecule has 0 aromatic heterocycles. The molecule has 0 aromatic rings. The van der Waals surface area contributed by atoms with Crippen molar-refractivity contribution < 1.29 is 64.0 Å². The van der Waals surface area contributed by atoms with E-state index >= 15 is 0 Å². The maximum Gasteiger partial charge on any atom is 0.221 e. The Kier molecular flexibility index (Phi) is 19.4. The Balaban J connectivity index is 2.21. The zero-order valence-electron chi connectivity index (χ0n) is 26.1. The highest BCUT2D eigenvalue weighted by Gasteiger charge is 2.45. The van der Waals surface area contributed by atoms with E-state index in [-0.39, 0.29) is 49.5 Å². The molecule has 1 fully saturated rings. The van der Waals surface area contributed by atoms with E-state index in [0.29, 0.717) is 38.8 Å². The molecular formula is C28H50N4O13. The van der Waals surface area contributed by atoms with Gasteiger partial charge in [0, 0.05) is 46.4 Å². The summed E-state index contributed by atoms with van der Waals surface area (Å²) >= 11 is 0. The highest BCUT2D eigenvalue weighted by molar-refractivity contribution is 5.76. The van der Waals surface area contributed by atoms with Crippen molar-refractivity contribution in [2.45, 2.75) is 96.2 Å². The summed E-state index contributed by atoms with van der Waals surface area (Å²) in [5, 5.41) is 68.5. The van der Waals surface area contributed by atoms with Gasteiger partial charge in [-0.3, -0.25) is 19.2 Å². The molecule has 1 rings (SSSR count). The molecule has 10 N–H and O–H groups in total. The lowest BCUT2D eigenvalue weighted by Crippen LogP contribution is -2.64. The number of rotatable bonds is 21. The number of hydrogen-bond acceptors (Lipinski definition) is 13. The quantitative estimate of drug-likeness (QED) is 0.0347. The van der Waals surface area contributed by atoms with Crippen LogP contribution in [0.3, 0.4) is 0 Å². The predicted octanol–water partition coefficient (Wildman–Crippen LogP) is -2.61. The summed E-state index contributed by atoms with van der Waals surface area (Å²) in [7, 11) is 0. The molecule has 0 radical (unpaired) electrons. The molecule has 17 heteroatoms. The fraction of sp³-hybridized carbons (Fsp3) is 0.786. The second kappa shape index (κ2) is 21.8. The van der Waals surface area contributed by atoms with Gasteiger partial charge in [-0.2, -0.15) is 0 Å². The highest BCUT2D eigenvalue weighted by atomic mass is 16.7. The Bertz CT molecular complexity index is 967. The average molecular weight is 651 g/mol. The number of unbranched alkanes of at least 4 members (excludes halogenated alkanes) is 2. The molecule has 45 heavy (non-hydrogen) atoms. The van der Waals surface area contributed by atoms with Gasteiger partial charge in [-0.1, -0.05) is 6.92 Å². The van der Waals surface area contributed by atoms with Crippen molar-refractivity contribution >= 4 is 23.6 Å². The first-order valence-corrected chi connectivity index (χ1v) is 14.9. The molecule has 0 aromatic carbocycles. The molecule has 260 valence electrons. The minimum Gasteiger partial charge on any atom is -0.508 e. The summed E-state index contributed by atoms with van der Waals surface area (Å²) in [5.41, 5.74) is -0.346. The predicted molar refractivity (Wildman–Crippen MR) is 157 cm³/mol. The van der Waals surface area contributed by atoms with Crippen LogP contribution in [0.1, 0.15) is 59.3 Å². The fourth-order valence-electron chi connectivity index (χ4n) is 4.24. The van der Waals surface area contributed by atoms with Gasteiger partial charge in [0.25, 0.3) is 0 Å². The normalized spacial score (nSPS) is 23.3. The molecule has 0 saturated carbocycles. The number of carbonyl (C=O) groups is 4. The molecule has 1 aliphatic heterocycles. The molecule has 1 aliphatic rings. The Labute approximate surface area is 262 Å². The van der Waals surface area contributed by atoms with E-state index in [1.807, 2.05) is 6.92 Å². The van der Waals surface area contributed by atoms with Crippen LogP contribution >= 0.6 is 0 Å². The van der Waals surface area contributed by atoms with Crippen LogP contribution in [0.2, 0.25) is 0 Å². The third kappa shape index (κ3) is 15.8. The number of ether oxygens (including phenoxy) is 3. The van der Waals surface area contributed by atoms with E-state index in [1.165, 1.54) is 13.8 Å². The van der Waals surface area contributed by atoms with Gasteiger partial charge < -0.3 is 66.1 Å². The minimum atomic E-state index is -1.65. The van der Waals surface area contributed by atoms with E-state index in [4.69, 9.17) is 19.3 Å². The van der Waals surface area contributed by atoms with E-state index < -0.39 is 67.7 Å². The zero-order chi connectivity index (χ0) is 33.9. The van der Waals surface area contributed by atoms with Crippen molar-refractivity contribution in [2.24, 2.45) is 5.92 Å². The standard InChI is InChI=1S/C28H50N4O13/c1-16(12-29-21(38)8-4-6-10-43-27(42)23(19(37)14-33)31-17(2)35)13-30-22(39)9-5-7-11-44-28-24(32-18(3)36)26(41)25(40)20(15-34)45-28/h16,20,24-28,33-34,37,40-42H,4-15H2,1-3H3,(H,29,38)(H,30,39)(H,31,35)(H,32,36)/b23-19-. The topological polar surface area (TPSA) is 265 Å². The van der Waals surface area contributed by atoms with E-state index in [9.17, 15) is 44.7 Å². The summed E-state index contributed by atoms with van der Waals surface area (Å²) in [6.45, 7) is 3.83. The van der Waals surface area contributed by atoms with Gasteiger partial charge in [-0.25, -0.2) is 0 Å². The third-order valence-corrected chi connectivity index (χ3v) is 6.72. The van der Waals surface area contributed by atoms with Crippen LogP contribution in [0.5, 0.6) is 0 Å². The number of carbonyl (C=O) groups excluding carboxylic acids is 4. The van der Waals surface area contributed by atoms with E-state index in [0.717, 1.165) is 0 Å². The summed E-state index contributed by atoms with van der Waals surface area (Å²) < 4.78 is 16.3. The van der Waals surface area contributed by atoms with Crippen molar-refractivity contribution in [2.75, 3.05) is 39.5 Å². The van der Waals surface area contributed by atoms with Gasteiger partial charge >= 0.3 is 0 Å². The molecule has 7 atom stereocenters. The van der Waals surface area contributed by atoms with Gasteiger partial charge in [-0.15, -0.1) is 0 Å². The molecule has 17 nitrogen and oxygen atoms in total. The van der Waals surface area contributed by atoms with Crippen molar-refractivity contribution in [1.29, 1.82) is 0 Å². The third-order valence-electron chi connectivity index (χ3n) is 6.72. The van der Waals surface area contributed by atoms with Crippen LogP contribution in [-0.2, 0) is 33.4 Å². The van der Waals surface area contributed by atoms with Gasteiger partial charge in [0.05, 0.1) is 13.2 Å². The van der Waals surface area contributed by atoms with Crippen LogP contribution in [0.4, 0.5) is 0 Å². The summed E-state index contributed by atoms with van der Waals surface area (Å²) in [5.74, 6) is -2.04. The smallest absolute Gasteiger partial charge is 0.221 e. The molecule has 0 bridgehead atoms. The second-order valence-corrected chi connectivity index (χ2v) is 10.9. The van der Waals surface area contributed by atoms with Gasteiger partial charge in [0.15, 0.2) is 12.6 Å². The van der Waals surface area contributed by atoms with Crippen molar-refractivity contribution in [3.05, 3.63) is 11.5 Å². The summed E-state index contributed by atoms with van der Waals surface area (Å²) in [6, 6.07) is -1.03. The van der Waals surface area contributed by atoms with Crippen LogP contribution in [0.15, 0.2) is 11.5 Å². The lowest BCUT2D eigenvalue weighted by atomic mass is 9.97. The van der Waals surface area contributed by atoms with Gasteiger partial charge in [0.1, 0.15) is 42.4 Å². The van der Waals surface area contributed by atoms with Crippen LogP contribution < -0.4 is 21.3 Å². The molecular weight excluding hydrogens is 600 g/mol. The first-order valence-electron chi connectivity index (χ1n) is 14.9. The van der Waals surface area contributed by atoms with Gasteiger partial charge in [0.2, 0.25) is 23.6 Å². The van der Waals surface area contributed by atoms with E-state index in [1.54, 1.807) is 0 Å². The molecule has 7 unspecified atom stereocenters. The Morgan fingerprint density at radius 3 is 1.96 bits per heavy atom. The average Bonchev–Trinajstić information content (AvgIpc) is 2.99. The Morgan fingerprint density at radius 2 is 1.44 bits per heavy atom. The number of amides is 4. The summed E-state index contributed by atoms with van der Waals surface area (Å²) in [4.78, 5) is 47.0. The number of aliphatic hydroxyl groups is 6. The molecule has 1 heterocycles. The molecule has 1 saturated heterocycles. The largest absolute Gasteiger partial charge is 0.508 e. The van der Waals surface area contributed by atoms with Crippen molar-refractivity contribution in [3.63, 3.8) is 0 Å². The van der Waals surface area contributed by atoms with Crippen molar-refractivity contribution in [3.8, 4) is 0 Å². The number of nitrogens with one attached hydrogen (secondary N) is 4. The maximum absolute atomic E-state index is 12.2. The Hall–Kier alpha value is -2.90. The monoisotopic (exact) mass is 650 g/mol. The zero-order valence-corrected chi connectivity index (χ0v) is 26.1. The van der Waals surface area contributed by atoms with Crippen LogP contribution in [0.25, 0.3) is 0 Å². The Morgan fingerprint density at radius 1 is 0.867 bits per heavy atom. The van der Waals surface area contributed by atoms with E-state index in [2.05, 4.69) is 21.3 Å². The SMILES string of the molecule is CC(=O)N/C(=C(\O)CO)C(O)OCCCCC(=O)NCC(C)CNC(=O)CCCCOC1OC(CO)C(O)C(O)C1NC(C)=O. The molecule has 0 spiro atoms. The second-order valence-electron chi connectivity index (χ2n) is 10.9. The maximum atomic E-state index is 12.2. The van der Waals surface area contributed by atoms with Crippen molar-refractivity contribution in [1.82, 2.24) is 21.3 Å². The van der Waals surface area contributed by atoms with Crippen LogP contribution in [-0.4, -0.2) is 131 Å². The highest BCUT2D eigenvalue weighted by Crippen LogP contribution is 2.22. The number of aliphatic hydroxyl groups excluding tert-OH is 6. The molecule has 0 aliphatic carbocycles. The first-order chi connectivity index (χ1) is 21.3. The first kappa shape index (κ1) is 40.1. The minimum absolute atomic E-state index is 0.0340. The summed E-state index contributed by atoms with van der Waals surface area (Å²) in [6.07, 6.45) is -4.37.